The van der Waals surface area contributed by atoms with Gasteiger partial charge in [0.2, 0.25) is 5.91 Å². The summed E-state index contributed by atoms with van der Waals surface area (Å²) in [6.45, 7) is 3.98. The van der Waals surface area contributed by atoms with E-state index in [0.717, 1.165) is 27.8 Å². The van der Waals surface area contributed by atoms with E-state index in [0.29, 0.717) is 5.69 Å². The van der Waals surface area contributed by atoms with Gasteiger partial charge in [0, 0.05) is 16.3 Å². The molecule has 0 atom stereocenters. The number of aromatic carboxylic acids is 2. The normalized spacial score (nSPS) is 10.4. The van der Waals surface area contributed by atoms with Crippen molar-refractivity contribution in [3.8, 4) is 0 Å². The number of carbonyl (C=O) groups is 4. The van der Waals surface area contributed by atoms with Gasteiger partial charge in [-0.1, -0.05) is 6.07 Å². The molecule has 34 heavy (non-hydrogen) atoms. The molecule has 174 valence electrons. The van der Waals surface area contributed by atoms with Crippen LogP contribution in [0.15, 0.2) is 65.6 Å². The van der Waals surface area contributed by atoms with Crippen molar-refractivity contribution in [3.05, 3.63) is 88.5 Å². The molecule has 0 aromatic heterocycles. The van der Waals surface area contributed by atoms with Crippen molar-refractivity contribution < 1.29 is 29.4 Å². The number of hydrogen-bond acceptors (Lipinski definition) is 5. The third-order valence-corrected chi connectivity index (χ3v) is 6.03. The molecule has 9 heteroatoms. The fourth-order valence-corrected chi connectivity index (χ4v) is 3.75. The Balaban J connectivity index is 1.60. The lowest BCUT2D eigenvalue weighted by atomic mass is 10.0. The maximum Gasteiger partial charge on any atom is 0.336 e. The minimum Gasteiger partial charge on any atom is -0.478 e. The largest absolute Gasteiger partial charge is 0.478 e. The number of rotatable bonds is 8. The number of anilines is 2. The number of nitrogens with one attached hydrogen (secondary N) is 2. The molecule has 4 N–H and O–H groups in total. The first-order valence-corrected chi connectivity index (χ1v) is 11.1. The van der Waals surface area contributed by atoms with Crippen LogP contribution in [0.4, 0.5) is 11.4 Å². The summed E-state index contributed by atoms with van der Waals surface area (Å²) in [5.74, 6) is -3.31. The van der Waals surface area contributed by atoms with E-state index < -0.39 is 23.4 Å². The summed E-state index contributed by atoms with van der Waals surface area (Å²) in [5.41, 5.74) is 2.62. The standard InChI is InChI=1S/C25H22N2O6S/c1-14-3-5-18(11-15(14)2)26-22(28)13-34-19-8-6-17(7-9-19)27-23(29)20-10-4-16(24(30)31)12-21(20)25(32)33/h3-12H,13H2,1-2H3,(H,26,28)(H,27,29)(H,30,31)(H,32,33). The summed E-state index contributed by atoms with van der Waals surface area (Å²) >= 11 is 1.33. The molecule has 0 aliphatic carbocycles. The van der Waals surface area contributed by atoms with Crippen LogP contribution in [0.25, 0.3) is 0 Å². The molecule has 0 fully saturated rings. The zero-order valence-corrected chi connectivity index (χ0v) is 19.2. The van der Waals surface area contributed by atoms with Gasteiger partial charge in [0.25, 0.3) is 5.91 Å². The Hall–Kier alpha value is -4.11. The zero-order valence-electron chi connectivity index (χ0n) is 18.4. The molecule has 0 radical (unpaired) electrons. The van der Waals surface area contributed by atoms with Crippen molar-refractivity contribution in [3.63, 3.8) is 0 Å². The lowest BCUT2D eigenvalue weighted by Crippen LogP contribution is -2.17. The van der Waals surface area contributed by atoms with E-state index in [9.17, 15) is 24.3 Å². The Bertz CT molecular complexity index is 1270. The van der Waals surface area contributed by atoms with Crippen molar-refractivity contribution in [1.82, 2.24) is 0 Å². The predicted octanol–water partition coefficient (Wildman–Crippen LogP) is 4.68. The third kappa shape index (κ3) is 6.23. The average Bonchev–Trinajstić information content (AvgIpc) is 2.80. The van der Waals surface area contributed by atoms with Crippen LogP contribution in [0, 0.1) is 13.8 Å². The van der Waals surface area contributed by atoms with Crippen LogP contribution in [0.3, 0.4) is 0 Å². The van der Waals surface area contributed by atoms with E-state index >= 15 is 0 Å². The first-order chi connectivity index (χ1) is 16.1. The topological polar surface area (TPSA) is 133 Å². The van der Waals surface area contributed by atoms with Crippen molar-refractivity contribution >= 4 is 46.9 Å². The smallest absolute Gasteiger partial charge is 0.336 e. The Morgan fingerprint density at radius 2 is 1.41 bits per heavy atom. The molecule has 2 amide bonds. The van der Waals surface area contributed by atoms with Gasteiger partial charge in [-0.05, 0) is 79.6 Å². The first-order valence-electron chi connectivity index (χ1n) is 10.2. The number of benzene rings is 3. The number of carboxylic acids is 2. The second kappa shape index (κ2) is 10.7. The maximum atomic E-state index is 12.6. The lowest BCUT2D eigenvalue weighted by molar-refractivity contribution is -0.113. The van der Waals surface area contributed by atoms with Crippen LogP contribution in [-0.2, 0) is 4.79 Å². The molecule has 0 saturated carbocycles. The number of carbonyl (C=O) groups excluding carboxylic acids is 2. The predicted molar refractivity (Wildman–Crippen MR) is 130 cm³/mol. The highest BCUT2D eigenvalue weighted by atomic mass is 32.2. The van der Waals surface area contributed by atoms with Gasteiger partial charge in [-0.15, -0.1) is 11.8 Å². The van der Waals surface area contributed by atoms with Crippen LogP contribution in [-0.4, -0.2) is 39.7 Å². The van der Waals surface area contributed by atoms with E-state index in [4.69, 9.17) is 5.11 Å². The van der Waals surface area contributed by atoms with E-state index in [1.807, 2.05) is 32.0 Å². The van der Waals surface area contributed by atoms with Crippen LogP contribution in [0.1, 0.15) is 42.2 Å². The summed E-state index contributed by atoms with van der Waals surface area (Å²) in [4.78, 5) is 48.1. The van der Waals surface area contributed by atoms with Crippen LogP contribution in [0.2, 0.25) is 0 Å². The highest BCUT2D eigenvalue weighted by Gasteiger charge is 2.19. The highest BCUT2D eigenvalue weighted by molar-refractivity contribution is 8.00. The molecule has 3 aromatic rings. The van der Waals surface area contributed by atoms with E-state index in [1.165, 1.54) is 23.9 Å². The van der Waals surface area contributed by atoms with Gasteiger partial charge in [0.1, 0.15) is 0 Å². The van der Waals surface area contributed by atoms with Gasteiger partial charge in [-0.25, -0.2) is 9.59 Å². The number of amides is 2. The van der Waals surface area contributed by atoms with Crippen molar-refractivity contribution in [2.75, 3.05) is 16.4 Å². The Morgan fingerprint density at radius 3 is 2.03 bits per heavy atom. The molecule has 0 unspecified atom stereocenters. The fourth-order valence-electron chi connectivity index (χ4n) is 3.05. The second-order valence-corrected chi connectivity index (χ2v) is 8.53. The molecule has 0 heterocycles. The average molecular weight is 479 g/mol. The van der Waals surface area contributed by atoms with Crippen molar-refractivity contribution in [2.45, 2.75) is 18.7 Å². The summed E-state index contributed by atoms with van der Waals surface area (Å²) in [6.07, 6.45) is 0. The molecular weight excluding hydrogens is 456 g/mol. The van der Waals surface area contributed by atoms with Crippen LogP contribution < -0.4 is 10.6 Å². The molecule has 0 aliphatic heterocycles. The Labute approximate surface area is 200 Å². The van der Waals surface area contributed by atoms with Gasteiger partial charge in [-0.3, -0.25) is 9.59 Å². The number of hydrogen-bond donors (Lipinski definition) is 4. The van der Waals surface area contributed by atoms with Gasteiger partial charge in [0.15, 0.2) is 0 Å². The molecule has 3 rings (SSSR count). The monoisotopic (exact) mass is 478 g/mol. The minimum absolute atomic E-state index is 0.142. The zero-order chi connectivity index (χ0) is 24.8. The summed E-state index contributed by atoms with van der Waals surface area (Å²) in [6, 6.07) is 15.7. The molecule has 0 spiro atoms. The van der Waals surface area contributed by atoms with Crippen LogP contribution >= 0.6 is 11.8 Å². The fraction of sp³-hybridized carbons (Fsp3) is 0.120. The number of carboxylic acid groups (broad SMARTS) is 2. The molecule has 0 bridgehead atoms. The molecule has 8 nitrogen and oxygen atoms in total. The lowest BCUT2D eigenvalue weighted by Gasteiger charge is -2.10. The minimum atomic E-state index is -1.40. The Morgan fingerprint density at radius 1 is 0.735 bits per heavy atom. The van der Waals surface area contributed by atoms with Crippen LogP contribution in [0.5, 0.6) is 0 Å². The number of thioether (sulfide) groups is 1. The van der Waals surface area contributed by atoms with E-state index in [1.54, 1.807) is 24.3 Å². The second-order valence-electron chi connectivity index (χ2n) is 7.49. The highest BCUT2D eigenvalue weighted by Crippen LogP contribution is 2.22. The first kappa shape index (κ1) is 24.5. The molecular formula is C25H22N2O6S. The van der Waals surface area contributed by atoms with Gasteiger partial charge in [-0.2, -0.15) is 0 Å². The quantitative estimate of drug-likeness (QED) is 0.345. The third-order valence-electron chi connectivity index (χ3n) is 5.01. The SMILES string of the molecule is Cc1ccc(NC(=O)CSc2ccc(NC(=O)c3ccc(C(=O)O)cc3C(=O)O)cc2)cc1C. The summed E-state index contributed by atoms with van der Waals surface area (Å²) in [7, 11) is 0. The molecule has 0 saturated heterocycles. The molecule has 0 aliphatic rings. The Kier molecular flexibility index (Phi) is 7.70. The summed E-state index contributed by atoms with van der Waals surface area (Å²) in [5, 5.41) is 23.8. The van der Waals surface area contributed by atoms with Gasteiger partial charge < -0.3 is 20.8 Å². The summed E-state index contributed by atoms with van der Waals surface area (Å²) < 4.78 is 0. The number of aryl methyl sites for hydroxylation is 2. The van der Waals surface area contributed by atoms with E-state index in [2.05, 4.69) is 10.6 Å². The van der Waals surface area contributed by atoms with Crippen molar-refractivity contribution in [2.24, 2.45) is 0 Å². The van der Waals surface area contributed by atoms with E-state index in [-0.39, 0.29) is 22.8 Å². The molecule has 3 aromatic carbocycles. The maximum absolute atomic E-state index is 12.6. The van der Waals surface area contributed by atoms with Gasteiger partial charge >= 0.3 is 11.9 Å². The van der Waals surface area contributed by atoms with Crippen molar-refractivity contribution in [1.29, 1.82) is 0 Å². The van der Waals surface area contributed by atoms with Gasteiger partial charge in [0.05, 0.1) is 22.4 Å².